The lowest BCUT2D eigenvalue weighted by Gasteiger charge is -2.12. The molecule has 0 bridgehead atoms. The molecule has 3 rings (SSSR count). The smallest absolute Gasteiger partial charge is 0.318 e. The molecule has 12 heteroatoms. The summed E-state index contributed by atoms with van der Waals surface area (Å²) < 4.78 is 11.8. The van der Waals surface area contributed by atoms with E-state index in [1.807, 2.05) is 0 Å². The minimum atomic E-state index is -0.766. The van der Waals surface area contributed by atoms with Crippen LogP contribution in [0.1, 0.15) is 22.8 Å². The Kier molecular flexibility index (Phi) is 7.88. The second-order valence-corrected chi connectivity index (χ2v) is 7.44. The van der Waals surface area contributed by atoms with Crippen molar-refractivity contribution in [3.63, 3.8) is 0 Å². The van der Waals surface area contributed by atoms with E-state index in [2.05, 4.69) is 26.5 Å². The van der Waals surface area contributed by atoms with Crippen molar-refractivity contribution in [3.05, 3.63) is 96.5 Å². The summed E-state index contributed by atoms with van der Waals surface area (Å²) in [5, 5.41) is 26.2. The standard InChI is InChI=1S/C22H17BrN4O7/c1-2-33-21-11-14(13-24-25-22(28)16-5-3-4-6-17(16)23)7-9-20(21)34-19-10-8-15(26(29)30)12-18(19)27(31)32/h3-13H,2H2,1H3,(H,25,28)/b24-13+. The summed E-state index contributed by atoms with van der Waals surface area (Å²) in [6.07, 6.45) is 1.40. The summed E-state index contributed by atoms with van der Waals surface area (Å²) in [7, 11) is 0. The Morgan fingerprint density at radius 3 is 2.44 bits per heavy atom. The van der Waals surface area contributed by atoms with E-state index >= 15 is 0 Å². The maximum atomic E-state index is 12.2. The van der Waals surface area contributed by atoms with Gasteiger partial charge in [-0.1, -0.05) is 12.1 Å². The van der Waals surface area contributed by atoms with Crippen LogP contribution in [0, 0.1) is 20.2 Å². The maximum Gasteiger partial charge on any atom is 0.318 e. The van der Waals surface area contributed by atoms with Crippen LogP contribution in [0.2, 0.25) is 0 Å². The molecule has 0 aliphatic heterocycles. The molecule has 11 nitrogen and oxygen atoms in total. The molecule has 0 unspecified atom stereocenters. The normalized spacial score (nSPS) is 10.6. The number of nitro benzene ring substituents is 2. The number of carbonyl (C=O) groups excluding carboxylic acids is 1. The fourth-order valence-corrected chi connectivity index (χ4v) is 3.26. The highest BCUT2D eigenvalue weighted by atomic mass is 79.9. The third-order valence-electron chi connectivity index (χ3n) is 4.34. The molecule has 0 atom stereocenters. The second-order valence-electron chi connectivity index (χ2n) is 6.59. The van der Waals surface area contributed by atoms with E-state index in [4.69, 9.17) is 9.47 Å². The Bertz CT molecular complexity index is 1280. The van der Waals surface area contributed by atoms with Crippen molar-refractivity contribution in [2.75, 3.05) is 6.61 Å². The fourth-order valence-electron chi connectivity index (χ4n) is 2.80. The van der Waals surface area contributed by atoms with Crippen molar-refractivity contribution in [3.8, 4) is 17.2 Å². The molecule has 1 N–H and O–H groups in total. The molecule has 0 saturated heterocycles. The van der Waals surface area contributed by atoms with Gasteiger partial charge in [-0.15, -0.1) is 0 Å². The molecule has 0 saturated carbocycles. The largest absolute Gasteiger partial charge is 0.490 e. The number of hydrazone groups is 1. The van der Waals surface area contributed by atoms with Gasteiger partial charge in [-0.3, -0.25) is 25.0 Å². The maximum absolute atomic E-state index is 12.2. The summed E-state index contributed by atoms with van der Waals surface area (Å²) in [5.74, 6) is -0.165. The topological polar surface area (TPSA) is 146 Å². The lowest BCUT2D eigenvalue weighted by molar-refractivity contribution is -0.394. The van der Waals surface area contributed by atoms with Gasteiger partial charge in [0.1, 0.15) is 0 Å². The van der Waals surface area contributed by atoms with Gasteiger partial charge in [0.2, 0.25) is 5.75 Å². The minimum Gasteiger partial charge on any atom is -0.490 e. The Morgan fingerprint density at radius 2 is 1.76 bits per heavy atom. The van der Waals surface area contributed by atoms with Gasteiger partial charge < -0.3 is 9.47 Å². The number of hydrogen-bond donors (Lipinski definition) is 1. The first-order valence-corrected chi connectivity index (χ1v) is 10.5. The number of rotatable bonds is 9. The first-order valence-electron chi connectivity index (χ1n) is 9.75. The number of amides is 1. The molecular weight excluding hydrogens is 512 g/mol. The quantitative estimate of drug-likeness (QED) is 0.227. The zero-order valence-electron chi connectivity index (χ0n) is 17.6. The average Bonchev–Trinajstić information content (AvgIpc) is 2.81. The number of benzene rings is 3. The lowest BCUT2D eigenvalue weighted by Crippen LogP contribution is -2.18. The molecule has 0 heterocycles. The zero-order valence-corrected chi connectivity index (χ0v) is 19.2. The summed E-state index contributed by atoms with van der Waals surface area (Å²) >= 11 is 3.30. The third-order valence-corrected chi connectivity index (χ3v) is 5.03. The number of nitrogens with zero attached hydrogens (tertiary/aromatic N) is 3. The highest BCUT2D eigenvalue weighted by Gasteiger charge is 2.22. The Morgan fingerprint density at radius 1 is 1.03 bits per heavy atom. The number of non-ortho nitro benzene ring substituents is 1. The van der Waals surface area contributed by atoms with E-state index in [9.17, 15) is 25.0 Å². The molecule has 174 valence electrons. The van der Waals surface area contributed by atoms with Crippen molar-refractivity contribution < 1.29 is 24.1 Å². The third kappa shape index (κ3) is 5.92. The van der Waals surface area contributed by atoms with Crippen molar-refractivity contribution >= 4 is 39.4 Å². The van der Waals surface area contributed by atoms with E-state index < -0.39 is 27.1 Å². The first-order chi connectivity index (χ1) is 16.3. The van der Waals surface area contributed by atoms with Gasteiger partial charge in [0.05, 0.1) is 34.3 Å². The Labute approximate surface area is 201 Å². The number of halogens is 1. The monoisotopic (exact) mass is 528 g/mol. The van der Waals surface area contributed by atoms with Crippen LogP contribution >= 0.6 is 15.9 Å². The lowest BCUT2D eigenvalue weighted by atomic mass is 10.2. The summed E-state index contributed by atoms with van der Waals surface area (Å²) in [4.78, 5) is 33.0. The molecule has 0 aromatic heterocycles. The second kappa shape index (κ2) is 11.0. The molecule has 3 aromatic carbocycles. The SMILES string of the molecule is CCOc1cc(/C=N/NC(=O)c2ccccc2Br)ccc1Oc1ccc([N+](=O)[O-])cc1[N+](=O)[O-]. The fraction of sp³-hybridized carbons (Fsp3) is 0.0909. The number of nitrogens with one attached hydrogen (secondary N) is 1. The summed E-state index contributed by atoms with van der Waals surface area (Å²) in [6.45, 7) is 2.02. The van der Waals surface area contributed by atoms with Crippen molar-refractivity contribution in [2.24, 2.45) is 5.10 Å². The van der Waals surface area contributed by atoms with Crippen LogP contribution < -0.4 is 14.9 Å². The van der Waals surface area contributed by atoms with Crippen LogP contribution in [0.5, 0.6) is 17.2 Å². The van der Waals surface area contributed by atoms with Crippen LogP contribution in [-0.2, 0) is 0 Å². The number of hydrogen-bond acceptors (Lipinski definition) is 8. The van der Waals surface area contributed by atoms with Gasteiger partial charge in [0, 0.05) is 10.5 Å². The molecule has 34 heavy (non-hydrogen) atoms. The van der Waals surface area contributed by atoms with Crippen LogP contribution in [0.15, 0.2) is 70.2 Å². The highest BCUT2D eigenvalue weighted by Crippen LogP contribution is 2.38. The number of ether oxygens (including phenoxy) is 2. The molecule has 3 aromatic rings. The molecule has 0 aliphatic carbocycles. The minimum absolute atomic E-state index is 0.160. The van der Waals surface area contributed by atoms with Gasteiger partial charge in [0.15, 0.2) is 11.5 Å². The summed E-state index contributed by atoms with van der Waals surface area (Å²) in [5.41, 5.74) is 2.41. The van der Waals surface area contributed by atoms with Crippen LogP contribution in [-0.4, -0.2) is 28.6 Å². The van der Waals surface area contributed by atoms with E-state index in [0.717, 1.165) is 18.2 Å². The van der Waals surface area contributed by atoms with Gasteiger partial charge in [0.25, 0.3) is 11.6 Å². The molecular formula is C22H17BrN4O7. The van der Waals surface area contributed by atoms with Crippen molar-refractivity contribution in [1.29, 1.82) is 0 Å². The highest BCUT2D eigenvalue weighted by molar-refractivity contribution is 9.10. The molecule has 0 fully saturated rings. The van der Waals surface area contributed by atoms with Gasteiger partial charge >= 0.3 is 5.69 Å². The van der Waals surface area contributed by atoms with Crippen LogP contribution in [0.3, 0.4) is 0 Å². The van der Waals surface area contributed by atoms with Gasteiger partial charge in [-0.25, -0.2) is 5.43 Å². The zero-order chi connectivity index (χ0) is 24.7. The number of carbonyl (C=O) groups is 1. The molecule has 1 amide bonds. The van der Waals surface area contributed by atoms with E-state index in [1.165, 1.54) is 12.3 Å². The van der Waals surface area contributed by atoms with Gasteiger partial charge in [-0.05, 0) is 64.8 Å². The van der Waals surface area contributed by atoms with Crippen LogP contribution in [0.4, 0.5) is 11.4 Å². The first kappa shape index (κ1) is 24.3. The molecule has 0 spiro atoms. The molecule has 0 aliphatic rings. The average molecular weight is 529 g/mol. The van der Waals surface area contributed by atoms with Gasteiger partial charge in [-0.2, -0.15) is 5.10 Å². The van der Waals surface area contributed by atoms with Crippen molar-refractivity contribution in [1.82, 2.24) is 5.43 Å². The summed E-state index contributed by atoms with van der Waals surface area (Å²) in [6, 6.07) is 14.7. The Balaban J connectivity index is 1.81. The number of nitro groups is 2. The predicted molar refractivity (Wildman–Crippen MR) is 127 cm³/mol. The predicted octanol–water partition coefficient (Wildman–Crippen LogP) is 5.22. The van der Waals surface area contributed by atoms with E-state index in [1.54, 1.807) is 43.3 Å². The van der Waals surface area contributed by atoms with E-state index in [0.29, 0.717) is 15.6 Å². The Hall–Kier alpha value is -4.32. The van der Waals surface area contributed by atoms with Crippen molar-refractivity contribution in [2.45, 2.75) is 6.92 Å². The van der Waals surface area contributed by atoms with Crippen LogP contribution in [0.25, 0.3) is 0 Å². The molecule has 0 radical (unpaired) electrons. The van der Waals surface area contributed by atoms with E-state index in [-0.39, 0.29) is 23.9 Å².